The van der Waals surface area contributed by atoms with E-state index in [1.807, 2.05) is 19.1 Å². The van der Waals surface area contributed by atoms with Crippen molar-refractivity contribution in [1.82, 2.24) is 4.90 Å². The molecule has 0 radical (unpaired) electrons. The molecule has 1 amide bonds. The maximum atomic E-state index is 14.2. The summed E-state index contributed by atoms with van der Waals surface area (Å²) in [5.41, 5.74) is 1.66. The van der Waals surface area contributed by atoms with Gasteiger partial charge in [-0.25, -0.2) is 18.4 Å². The summed E-state index contributed by atoms with van der Waals surface area (Å²) in [7, 11) is 1.59. The molecule has 0 aromatic heterocycles. The first-order chi connectivity index (χ1) is 19.2. The second kappa shape index (κ2) is 11.1. The number of ether oxygens (including phenoxy) is 3. The van der Waals surface area contributed by atoms with Crippen molar-refractivity contribution in [2.24, 2.45) is 0 Å². The number of amides is 1. The summed E-state index contributed by atoms with van der Waals surface area (Å²) in [5, 5.41) is 9.07. The average molecular weight is 553 g/mol. The fraction of sp³-hybridized carbons (Fsp3) is 0.333. The third-order valence-corrected chi connectivity index (χ3v) is 7.42. The van der Waals surface area contributed by atoms with E-state index >= 15 is 0 Å². The molecule has 0 unspecified atom stereocenters. The number of nitrogens with zero attached hydrogens (tertiary/aromatic N) is 2. The van der Waals surface area contributed by atoms with Crippen molar-refractivity contribution in [1.29, 1.82) is 0 Å². The molecule has 3 aromatic rings. The highest BCUT2D eigenvalue weighted by Crippen LogP contribution is 2.41. The molecule has 3 aromatic carbocycles. The highest BCUT2D eigenvalue weighted by atomic mass is 19.1. The predicted molar refractivity (Wildman–Crippen MR) is 144 cm³/mol. The molecule has 2 fully saturated rings. The van der Waals surface area contributed by atoms with Crippen LogP contribution in [-0.4, -0.2) is 61.0 Å². The van der Waals surface area contributed by atoms with E-state index in [0.29, 0.717) is 50.6 Å². The first kappa shape index (κ1) is 27.4. The lowest BCUT2D eigenvalue weighted by atomic mass is 9.91. The number of likely N-dealkylation sites (tertiary alicyclic amines) is 1. The number of carboxylic acids is 1. The number of hydrogen-bond acceptors (Lipinski definition) is 6. The lowest BCUT2D eigenvalue weighted by Crippen LogP contribution is -2.46. The Morgan fingerprint density at radius 3 is 2.38 bits per heavy atom. The second-order valence-corrected chi connectivity index (χ2v) is 9.99. The van der Waals surface area contributed by atoms with Gasteiger partial charge in [-0.3, -0.25) is 9.80 Å². The summed E-state index contributed by atoms with van der Waals surface area (Å²) >= 11 is 0. The molecule has 0 saturated carbocycles. The summed E-state index contributed by atoms with van der Waals surface area (Å²) in [5.74, 6) is -1.31. The Labute approximate surface area is 230 Å². The van der Waals surface area contributed by atoms with Gasteiger partial charge < -0.3 is 19.3 Å². The van der Waals surface area contributed by atoms with Gasteiger partial charge >= 0.3 is 12.1 Å². The number of benzene rings is 3. The third-order valence-electron chi connectivity index (χ3n) is 7.42. The Kier molecular flexibility index (Phi) is 7.62. The smallest absolute Gasteiger partial charge is 0.415 e. The van der Waals surface area contributed by atoms with E-state index in [0.717, 1.165) is 28.8 Å². The largest absolute Gasteiger partial charge is 0.496 e. The van der Waals surface area contributed by atoms with Crippen molar-refractivity contribution in [3.8, 4) is 22.6 Å². The Hall–Kier alpha value is -4.18. The average Bonchev–Trinajstić information content (AvgIpc) is 3.25. The minimum absolute atomic E-state index is 0.264. The fourth-order valence-corrected chi connectivity index (χ4v) is 5.37. The van der Waals surface area contributed by atoms with Gasteiger partial charge in [0.2, 0.25) is 0 Å². The number of rotatable bonds is 8. The Balaban J connectivity index is 1.29. The highest BCUT2D eigenvalue weighted by Gasteiger charge is 2.47. The molecular formula is C30H30F2N2O6. The number of methoxy groups -OCH3 is 1. The number of halogens is 2. The number of hydrogen-bond donors (Lipinski definition) is 1. The van der Waals surface area contributed by atoms with Gasteiger partial charge in [0.15, 0.2) is 0 Å². The normalized spacial score (nSPS) is 16.7. The number of carbonyl (C=O) groups excluding carboxylic acids is 1. The number of carbonyl (C=O) groups is 2. The van der Waals surface area contributed by atoms with Gasteiger partial charge in [-0.15, -0.1) is 0 Å². The first-order valence-corrected chi connectivity index (χ1v) is 13.1. The van der Waals surface area contributed by atoms with Crippen molar-refractivity contribution in [2.45, 2.75) is 31.9 Å². The van der Waals surface area contributed by atoms with Crippen LogP contribution in [0, 0.1) is 11.6 Å². The zero-order chi connectivity index (χ0) is 28.4. The molecule has 10 heteroatoms. The summed E-state index contributed by atoms with van der Waals surface area (Å²) in [6, 6.07) is 13.8. The zero-order valence-corrected chi connectivity index (χ0v) is 22.3. The van der Waals surface area contributed by atoms with Gasteiger partial charge in [-0.1, -0.05) is 12.1 Å². The van der Waals surface area contributed by atoms with Gasteiger partial charge in [0.05, 0.1) is 37.1 Å². The number of aromatic carboxylic acids is 1. The standard InChI is InChI=1S/C30H30F2N2O6/c1-3-39-26-15-19(14-25(38-2)27(26)20-4-6-21(31)7-5-20)17-33-12-10-30(11-13-33)18-34(29(37)40-30)22-8-9-23(28(35)36)24(32)16-22/h4-9,14-16H,3,10-13,17-18H2,1-2H3,(H,35,36). The summed E-state index contributed by atoms with van der Waals surface area (Å²) in [4.78, 5) is 27.4. The molecule has 1 spiro atoms. The molecule has 40 heavy (non-hydrogen) atoms. The number of anilines is 1. The summed E-state index contributed by atoms with van der Waals surface area (Å²) in [6.45, 7) is 4.57. The summed E-state index contributed by atoms with van der Waals surface area (Å²) < 4.78 is 45.2. The molecule has 2 aliphatic heterocycles. The monoisotopic (exact) mass is 552 g/mol. The minimum Gasteiger partial charge on any atom is -0.496 e. The summed E-state index contributed by atoms with van der Waals surface area (Å²) in [6.07, 6.45) is 0.612. The van der Waals surface area contributed by atoms with Gasteiger partial charge in [-0.2, -0.15) is 0 Å². The maximum Gasteiger partial charge on any atom is 0.415 e. The minimum atomic E-state index is -1.37. The Morgan fingerprint density at radius 1 is 1.05 bits per heavy atom. The van der Waals surface area contributed by atoms with Crippen LogP contribution in [0.3, 0.4) is 0 Å². The maximum absolute atomic E-state index is 14.2. The lowest BCUT2D eigenvalue weighted by molar-refractivity contribution is -0.00101. The topological polar surface area (TPSA) is 88.5 Å². The first-order valence-electron chi connectivity index (χ1n) is 13.1. The molecule has 2 heterocycles. The molecule has 2 aliphatic rings. The van der Waals surface area contributed by atoms with Crippen LogP contribution >= 0.6 is 0 Å². The molecule has 5 rings (SSSR count). The second-order valence-electron chi connectivity index (χ2n) is 9.99. The van der Waals surface area contributed by atoms with Crippen LogP contribution in [0.15, 0.2) is 54.6 Å². The van der Waals surface area contributed by atoms with Crippen molar-refractivity contribution >= 4 is 17.7 Å². The highest BCUT2D eigenvalue weighted by molar-refractivity contribution is 5.92. The molecule has 210 valence electrons. The van der Waals surface area contributed by atoms with E-state index in [1.54, 1.807) is 19.2 Å². The third kappa shape index (κ3) is 5.44. The van der Waals surface area contributed by atoms with E-state index in [9.17, 15) is 18.4 Å². The molecule has 0 aliphatic carbocycles. The Morgan fingerprint density at radius 2 is 1.75 bits per heavy atom. The quantitative estimate of drug-likeness (QED) is 0.382. The van der Waals surface area contributed by atoms with Gasteiger partial charge in [0.25, 0.3) is 0 Å². The molecule has 8 nitrogen and oxygen atoms in total. The van der Waals surface area contributed by atoms with Crippen molar-refractivity contribution in [3.63, 3.8) is 0 Å². The molecule has 1 N–H and O–H groups in total. The molecular weight excluding hydrogens is 522 g/mol. The van der Waals surface area contributed by atoms with Crippen LogP contribution in [-0.2, 0) is 11.3 Å². The van der Waals surface area contributed by atoms with Gasteiger partial charge in [0.1, 0.15) is 28.7 Å². The van der Waals surface area contributed by atoms with Crippen LogP contribution < -0.4 is 14.4 Å². The van der Waals surface area contributed by atoms with E-state index < -0.39 is 29.0 Å². The fourth-order valence-electron chi connectivity index (χ4n) is 5.37. The molecule has 2 saturated heterocycles. The lowest BCUT2D eigenvalue weighted by Gasteiger charge is -2.37. The van der Waals surface area contributed by atoms with E-state index in [1.165, 1.54) is 23.1 Å². The van der Waals surface area contributed by atoms with Crippen molar-refractivity contribution < 1.29 is 37.7 Å². The van der Waals surface area contributed by atoms with Crippen LogP contribution in [0.2, 0.25) is 0 Å². The van der Waals surface area contributed by atoms with Crippen LogP contribution in [0.4, 0.5) is 19.3 Å². The molecule has 0 atom stereocenters. The van der Waals surface area contributed by atoms with E-state index in [4.69, 9.17) is 19.3 Å². The van der Waals surface area contributed by atoms with E-state index in [-0.39, 0.29) is 18.0 Å². The predicted octanol–water partition coefficient (Wildman–Crippen LogP) is 5.73. The van der Waals surface area contributed by atoms with Crippen LogP contribution in [0.25, 0.3) is 11.1 Å². The zero-order valence-electron chi connectivity index (χ0n) is 22.3. The number of piperidine rings is 1. The van der Waals surface area contributed by atoms with Crippen molar-refractivity contribution in [3.05, 3.63) is 77.4 Å². The van der Waals surface area contributed by atoms with Crippen LogP contribution in [0.1, 0.15) is 35.7 Å². The van der Waals surface area contributed by atoms with Crippen molar-refractivity contribution in [2.75, 3.05) is 38.3 Å². The van der Waals surface area contributed by atoms with Crippen LogP contribution in [0.5, 0.6) is 11.5 Å². The van der Waals surface area contributed by atoms with E-state index in [2.05, 4.69) is 4.90 Å². The Bertz CT molecular complexity index is 1420. The number of carboxylic acid groups (broad SMARTS) is 1. The van der Waals surface area contributed by atoms with Gasteiger partial charge in [-0.05, 0) is 60.5 Å². The molecule has 0 bridgehead atoms. The van der Waals surface area contributed by atoms with Gasteiger partial charge in [0, 0.05) is 32.5 Å². The SMILES string of the molecule is CCOc1cc(CN2CCC3(CC2)CN(c2ccc(C(=O)O)c(F)c2)C(=O)O3)cc(OC)c1-c1ccc(F)cc1.